The quantitative estimate of drug-likeness (QED) is 0.154. The molecule has 2 bridgehead atoms. The van der Waals surface area contributed by atoms with Gasteiger partial charge in [0.15, 0.2) is 0 Å². The number of hydrogen-bond acceptors (Lipinski definition) is 4. The van der Waals surface area contributed by atoms with Gasteiger partial charge in [0.05, 0.1) is 0 Å². The lowest BCUT2D eigenvalue weighted by Crippen LogP contribution is -2.41. The third-order valence-corrected chi connectivity index (χ3v) is 10.9. The zero-order chi connectivity index (χ0) is 34.7. The van der Waals surface area contributed by atoms with Crippen LogP contribution in [0.4, 0.5) is 0 Å². The highest BCUT2D eigenvalue weighted by Gasteiger charge is 2.22. The molecule has 2 aliphatic heterocycles. The Labute approximate surface area is 302 Å². The van der Waals surface area contributed by atoms with E-state index in [2.05, 4.69) is 169 Å². The molecule has 4 nitrogen and oxygen atoms in total. The van der Waals surface area contributed by atoms with Gasteiger partial charge >= 0.3 is 0 Å². The van der Waals surface area contributed by atoms with E-state index in [1.165, 1.54) is 55.6 Å². The van der Waals surface area contributed by atoms with Crippen molar-refractivity contribution in [2.24, 2.45) is 0 Å². The maximum atomic E-state index is 2.69. The second kappa shape index (κ2) is 17.7. The fourth-order valence-electron chi connectivity index (χ4n) is 7.57. The highest BCUT2D eigenvalue weighted by molar-refractivity contribution is 5.50. The van der Waals surface area contributed by atoms with E-state index in [9.17, 15) is 0 Å². The summed E-state index contributed by atoms with van der Waals surface area (Å²) in [5, 5.41) is 0. The van der Waals surface area contributed by atoms with E-state index >= 15 is 0 Å². The Morgan fingerprint density at radius 1 is 0.320 bits per heavy atom. The molecule has 0 N–H and O–H groups in total. The van der Waals surface area contributed by atoms with Crippen molar-refractivity contribution < 1.29 is 0 Å². The summed E-state index contributed by atoms with van der Waals surface area (Å²) in [7, 11) is 0. The molecule has 0 saturated carbocycles. The Morgan fingerprint density at radius 3 is 0.800 bits per heavy atom. The monoisotopic (exact) mass is 664 g/mol. The fourth-order valence-corrected chi connectivity index (χ4v) is 7.57. The van der Waals surface area contributed by atoms with Crippen molar-refractivity contribution in [2.45, 2.75) is 67.0 Å². The van der Waals surface area contributed by atoms with Crippen LogP contribution < -0.4 is 0 Å². The predicted octanol–water partition coefficient (Wildman–Crippen LogP) is 8.94. The van der Waals surface area contributed by atoms with Crippen LogP contribution in [0.25, 0.3) is 0 Å². The van der Waals surface area contributed by atoms with Crippen LogP contribution in [0.3, 0.4) is 0 Å². The Kier molecular flexibility index (Phi) is 12.7. The molecular weight excluding hydrogens is 609 g/mol. The summed E-state index contributed by atoms with van der Waals surface area (Å²) in [5.41, 5.74) is 14.4. The second-order valence-corrected chi connectivity index (χ2v) is 14.4. The van der Waals surface area contributed by atoms with Gasteiger partial charge < -0.3 is 0 Å². The number of fused-ring (bicyclic) bond motifs is 13. The predicted molar refractivity (Wildman–Crippen MR) is 210 cm³/mol. The molecule has 0 saturated heterocycles. The Balaban J connectivity index is 1.38. The first-order valence-electron chi connectivity index (χ1n) is 18.6. The lowest BCUT2D eigenvalue weighted by molar-refractivity contribution is 0.146. The molecule has 4 heteroatoms. The molecule has 260 valence electrons. The normalized spacial score (nSPS) is 16.2. The zero-order valence-electron chi connectivity index (χ0n) is 30.8. The van der Waals surface area contributed by atoms with Crippen LogP contribution in [0.2, 0.25) is 0 Å². The van der Waals surface area contributed by atoms with Gasteiger partial charge in [0.25, 0.3) is 0 Å². The molecule has 0 aromatic heterocycles. The Morgan fingerprint density at radius 2 is 0.540 bits per heavy atom. The SMILES string of the molecule is Cc1c(C)c2c(C)c(C)c1CN(Cc1ccccc1)CCN(Cc1ccccc1)CCN(Cc1ccccc1)CCN(Cc1ccccc1)C2. The molecule has 0 radical (unpaired) electrons. The fraction of sp³-hybridized carbons (Fsp3) is 0.348. The largest absolute Gasteiger partial charge is 0.297 e. The third kappa shape index (κ3) is 9.80. The van der Waals surface area contributed by atoms with Crippen molar-refractivity contribution in [3.8, 4) is 0 Å². The first-order valence-corrected chi connectivity index (χ1v) is 18.6. The smallest absolute Gasteiger partial charge is 0.0243 e. The molecule has 0 spiro atoms. The third-order valence-electron chi connectivity index (χ3n) is 10.9. The van der Waals surface area contributed by atoms with Gasteiger partial charge in [0, 0.05) is 78.5 Å². The van der Waals surface area contributed by atoms with Crippen LogP contribution in [0.15, 0.2) is 121 Å². The lowest BCUT2D eigenvalue weighted by atomic mass is 9.88. The summed E-state index contributed by atoms with van der Waals surface area (Å²) in [6.07, 6.45) is 0. The Hall–Kier alpha value is -4.06. The number of rotatable bonds is 8. The average molecular weight is 665 g/mol. The number of nitrogens with zero attached hydrogens (tertiary/aromatic N) is 4. The van der Waals surface area contributed by atoms with E-state index in [1.54, 1.807) is 0 Å². The number of benzene rings is 5. The minimum absolute atomic E-state index is 0.948. The molecule has 5 aromatic rings. The molecule has 0 aliphatic carbocycles. The first-order chi connectivity index (χ1) is 24.4. The molecule has 0 amide bonds. The van der Waals surface area contributed by atoms with E-state index in [4.69, 9.17) is 0 Å². The second-order valence-electron chi connectivity index (χ2n) is 14.4. The molecule has 0 fully saturated rings. The topological polar surface area (TPSA) is 13.0 Å². The van der Waals surface area contributed by atoms with Crippen molar-refractivity contribution in [3.05, 3.63) is 177 Å². The Bertz CT molecular complexity index is 1590. The molecule has 2 aliphatic rings. The van der Waals surface area contributed by atoms with Crippen LogP contribution in [0.5, 0.6) is 0 Å². The summed E-state index contributed by atoms with van der Waals surface area (Å²) in [6, 6.07) is 44.2. The van der Waals surface area contributed by atoms with E-state index < -0.39 is 0 Å². The maximum Gasteiger partial charge on any atom is 0.0243 e. The molecule has 2 heterocycles. The average Bonchev–Trinajstić information content (AvgIpc) is 3.15. The summed E-state index contributed by atoms with van der Waals surface area (Å²) < 4.78 is 0. The van der Waals surface area contributed by atoms with Gasteiger partial charge in [-0.05, 0) is 83.3 Å². The van der Waals surface area contributed by atoms with Crippen LogP contribution in [-0.4, -0.2) is 58.9 Å². The minimum atomic E-state index is 0.948. The van der Waals surface area contributed by atoms with Crippen molar-refractivity contribution in [1.29, 1.82) is 0 Å². The van der Waals surface area contributed by atoms with E-state index in [0.29, 0.717) is 0 Å². The highest BCUT2D eigenvalue weighted by atomic mass is 15.2. The van der Waals surface area contributed by atoms with Crippen LogP contribution in [-0.2, 0) is 39.3 Å². The molecule has 0 unspecified atom stereocenters. The van der Waals surface area contributed by atoms with Crippen molar-refractivity contribution >= 4 is 0 Å². The summed E-state index contributed by atoms with van der Waals surface area (Å²) >= 11 is 0. The van der Waals surface area contributed by atoms with E-state index in [0.717, 1.165) is 78.5 Å². The molecule has 50 heavy (non-hydrogen) atoms. The van der Waals surface area contributed by atoms with Gasteiger partial charge in [0.2, 0.25) is 0 Å². The van der Waals surface area contributed by atoms with Gasteiger partial charge in [-0.2, -0.15) is 0 Å². The van der Waals surface area contributed by atoms with Gasteiger partial charge in [-0.1, -0.05) is 121 Å². The maximum absolute atomic E-state index is 2.69. The van der Waals surface area contributed by atoms with Gasteiger partial charge in [-0.15, -0.1) is 0 Å². The molecule has 0 atom stereocenters. The van der Waals surface area contributed by atoms with Crippen LogP contribution in [0, 0.1) is 27.7 Å². The standard InChI is InChI=1S/C46H56N4/c1-37-38(2)46-36-50(34-44-23-15-8-16-24-44)30-28-48(32-42-19-11-6-12-20-42)26-25-47(31-41-17-9-5-10-18-41)27-29-49(33-43-21-13-7-14-22-43)35-45(37)39(3)40(46)4/h5-24H,25-36H2,1-4H3. The molecular formula is C46H56N4. The number of hydrogen-bond donors (Lipinski definition) is 0. The zero-order valence-corrected chi connectivity index (χ0v) is 30.8. The van der Waals surface area contributed by atoms with Gasteiger partial charge in [-0.25, -0.2) is 0 Å². The lowest BCUT2D eigenvalue weighted by Gasteiger charge is -2.34. The van der Waals surface area contributed by atoms with Crippen LogP contribution in [0.1, 0.15) is 55.6 Å². The highest BCUT2D eigenvalue weighted by Crippen LogP contribution is 2.30. The van der Waals surface area contributed by atoms with E-state index in [-0.39, 0.29) is 0 Å². The van der Waals surface area contributed by atoms with Crippen molar-refractivity contribution in [2.75, 3.05) is 39.3 Å². The van der Waals surface area contributed by atoms with Gasteiger partial charge in [0.1, 0.15) is 0 Å². The van der Waals surface area contributed by atoms with Crippen LogP contribution >= 0.6 is 0 Å². The first kappa shape index (κ1) is 35.8. The van der Waals surface area contributed by atoms with Gasteiger partial charge in [-0.3, -0.25) is 19.6 Å². The van der Waals surface area contributed by atoms with Crippen molar-refractivity contribution in [3.63, 3.8) is 0 Å². The summed E-state index contributed by atoms with van der Waals surface area (Å²) in [5.74, 6) is 0. The molecule has 5 aromatic carbocycles. The van der Waals surface area contributed by atoms with Crippen molar-refractivity contribution in [1.82, 2.24) is 19.6 Å². The summed E-state index contributed by atoms with van der Waals surface area (Å²) in [6.45, 7) is 21.4. The molecule has 7 rings (SSSR count). The minimum Gasteiger partial charge on any atom is -0.297 e. The van der Waals surface area contributed by atoms with E-state index in [1.807, 2.05) is 0 Å². The summed E-state index contributed by atoms with van der Waals surface area (Å²) in [4.78, 5) is 10.8.